The largest absolute Gasteiger partial charge is 0.467 e. The molecule has 1 aliphatic heterocycles. The standard InChI is InChI=1S/C20H18ClFN6O/c1-29-20-25-18-14(19(26-20)28-5-3-2-4-6-28)9-23-17(16(18)22)12-7-11(21)8-15-13(12)10-24-27-15/h7-10H,2-6H2,1H3,(H,24,27). The van der Waals surface area contributed by atoms with E-state index in [4.69, 9.17) is 16.3 Å². The van der Waals surface area contributed by atoms with Gasteiger partial charge in [0.2, 0.25) is 0 Å². The van der Waals surface area contributed by atoms with Crippen LogP contribution in [0, 0.1) is 5.82 Å². The first-order valence-electron chi connectivity index (χ1n) is 9.44. The number of pyridine rings is 1. The normalized spacial score (nSPS) is 14.7. The molecule has 5 rings (SSSR count). The Bertz CT molecular complexity index is 1220. The van der Waals surface area contributed by atoms with Crippen molar-refractivity contribution in [1.29, 1.82) is 0 Å². The van der Waals surface area contributed by atoms with Crippen molar-refractivity contribution >= 4 is 39.2 Å². The number of nitrogens with zero attached hydrogens (tertiary/aromatic N) is 5. The van der Waals surface area contributed by atoms with Crippen LogP contribution in [0.4, 0.5) is 10.2 Å². The van der Waals surface area contributed by atoms with Crippen LogP contribution in [0.15, 0.2) is 24.5 Å². The van der Waals surface area contributed by atoms with E-state index >= 15 is 4.39 Å². The Morgan fingerprint density at radius 2 is 1.93 bits per heavy atom. The van der Waals surface area contributed by atoms with Crippen molar-refractivity contribution in [2.45, 2.75) is 19.3 Å². The maximum absolute atomic E-state index is 15.7. The molecule has 7 nitrogen and oxygen atoms in total. The molecule has 4 aromatic rings. The zero-order valence-electron chi connectivity index (χ0n) is 15.7. The molecule has 0 saturated carbocycles. The number of nitrogens with one attached hydrogen (secondary N) is 1. The van der Waals surface area contributed by atoms with Gasteiger partial charge in [-0.25, -0.2) is 4.39 Å². The topological polar surface area (TPSA) is 79.8 Å². The summed E-state index contributed by atoms with van der Waals surface area (Å²) in [5.74, 6) is 0.121. The molecule has 9 heteroatoms. The summed E-state index contributed by atoms with van der Waals surface area (Å²) in [5, 5.41) is 8.67. The molecule has 1 saturated heterocycles. The van der Waals surface area contributed by atoms with E-state index in [1.807, 2.05) is 0 Å². The van der Waals surface area contributed by atoms with Gasteiger partial charge in [0.25, 0.3) is 0 Å². The summed E-state index contributed by atoms with van der Waals surface area (Å²) >= 11 is 6.23. The van der Waals surface area contributed by atoms with Crippen LogP contribution < -0.4 is 9.64 Å². The van der Waals surface area contributed by atoms with Crippen molar-refractivity contribution in [2.24, 2.45) is 0 Å². The number of aromatic amines is 1. The third-order valence-electron chi connectivity index (χ3n) is 5.26. The van der Waals surface area contributed by atoms with Crippen LogP contribution >= 0.6 is 11.6 Å². The zero-order chi connectivity index (χ0) is 20.0. The number of H-pyrrole nitrogens is 1. The van der Waals surface area contributed by atoms with Crippen molar-refractivity contribution < 1.29 is 9.13 Å². The summed E-state index contributed by atoms with van der Waals surface area (Å²) in [7, 11) is 1.48. The Kier molecular flexibility index (Phi) is 4.43. The third kappa shape index (κ3) is 3.04. The van der Waals surface area contributed by atoms with Crippen LogP contribution in [0.5, 0.6) is 6.01 Å². The van der Waals surface area contributed by atoms with Gasteiger partial charge in [0, 0.05) is 35.3 Å². The van der Waals surface area contributed by atoms with Gasteiger partial charge < -0.3 is 9.64 Å². The Hall–Kier alpha value is -3.00. The summed E-state index contributed by atoms with van der Waals surface area (Å²) in [6, 6.07) is 3.56. The lowest BCUT2D eigenvalue weighted by atomic mass is 10.0. The van der Waals surface area contributed by atoms with Crippen LogP contribution in [0.3, 0.4) is 0 Å². The molecule has 1 fully saturated rings. The van der Waals surface area contributed by atoms with Gasteiger partial charge in [-0.3, -0.25) is 10.1 Å². The molecule has 0 bridgehead atoms. The molecular weight excluding hydrogens is 395 g/mol. The fourth-order valence-electron chi connectivity index (χ4n) is 3.86. The fourth-order valence-corrected chi connectivity index (χ4v) is 4.08. The third-order valence-corrected chi connectivity index (χ3v) is 5.48. The number of anilines is 1. The highest BCUT2D eigenvalue weighted by Crippen LogP contribution is 2.36. The van der Waals surface area contributed by atoms with Gasteiger partial charge >= 0.3 is 6.01 Å². The monoisotopic (exact) mass is 412 g/mol. The van der Waals surface area contributed by atoms with Crippen LogP contribution in [0.1, 0.15) is 19.3 Å². The van der Waals surface area contributed by atoms with Gasteiger partial charge in [-0.2, -0.15) is 15.1 Å². The molecule has 148 valence electrons. The number of ether oxygens (including phenoxy) is 1. The minimum Gasteiger partial charge on any atom is -0.467 e. The van der Waals surface area contributed by atoms with Crippen molar-refractivity contribution in [2.75, 3.05) is 25.1 Å². The summed E-state index contributed by atoms with van der Waals surface area (Å²) < 4.78 is 20.9. The van der Waals surface area contributed by atoms with Crippen LogP contribution in [-0.4, -0.2) is 45.3 Å². The van der Waals surface area contributed by atoms with E-state index in [0.29, 0.717) is 27.3 Å². The Balaban J connectivity index is 1.75. The molecule has 1 N–H and O–H groups in total. The predicted octanol–water partition coefficient (Wildman–Crippen LogP) is 4.36. The number of hydrogen-bond acceptors (Lipinski definition) is 6. The van der Waals surface area contributed by atoms with Gasteiger partial charge in [-0.15, -0.1) is 0 Å². The van der Waals surface area contributed by atoms with Gasteiger partial charge in [0.05, 0.1) is 24.2 Å². The lowest BCUT2D eigenvalue weighted by Crippen LogP contribution is -2.30. The Morgan fingerprint density at radius 3 is 2.72 bits per heavy atom. The first-order valence-corrected chi connectivity index (χ1v) is 9.81. The molecule has 0 spiro atoms. The van der Waals surface area contributed by atoms with Gasteiger partial charge in [0.1, 0.15) is 17.0 Å². The second-order valence-corrected chi connectivity index (χ2v) is 7.49. The van der Waals surface area contributed by atoms with Crippen LogP contribution in [-0.2, 0) is 0 Å². The molecule has 0 radical (unpaired) electrons. The van der Waals surface area contributed by atoms with E-state index < -0.39 is 5.82 Å². The number of rotatable bonds is 3. The Morgan fingerprint density at radius 1 is 1.10 bits per heavy atom. The molecule has 0 aliphatic carbocycles. The first-order chi connectivity index (χ1) is 14.2. The average molecular weight is 413 g/mol. The molecule has 0 amide bonds. The van der Waals surface area contributed by atoms with Gasteiger partial charge in [-0.05, 0) is 31.4 Å². The number of methoxy groups -OCH3 is 1. The van der Waals surface area contributed by atoms with Crippen LogP contribution in [0.25, 0.3) is 33.1 Å². The average Bonchev–Trinajstić information content (AvgIpc) is 3.22. The molecule has 0 atom stereocenters. The lowest BCUT2D eigenvalue weighted by molar-refractivity contribution is 0.381. The van der Waals surface area contributed by atoms with E-state index in [0.717, 1.165) is 31.3 Å². The number of fused-ring (bicyclic) bond motifs is 2. The number of piperidine rings is 1. The Labute approximate surface area is 170 Å². The number of hydrogen-bond donors (Lipinski definition) is 1. The molecule has 1 aromatic carbocycles. The zero-order valence-corrected chi connectivity index (χ0v) is 16.5. The highest BCUT2D eigenvalue weighted by atomic mass is 35.5. The maximum Gasteiger partial charge on any atom is 0.318 e. The quantitative estimate of drug-likeness (QED) is 0.538. The van der Waals surface area contributed by atoms with Gasteiger partial charge in [-0.1, -0.05) is 11.6 Å². The maximum atomic E-state index is 15.7. The highest BCUT2D eigenvalue weighted by molar-refractivity contribution is 6.31. The van der Waals surface area contributed by atoms with Crippen molar-refractivity contribution in [3.63, 3.8) is 0 Å². The van der Waals surface area contributed by atoms with E-state index in [-0.39, 0.29) is 17.2 Å². The summed E-state index contributed by atoms with van der Waals surface area (Å²) in [6.45, 7) is 1.73. The van der Waals surface area contributed by atoms with E-state index in [2.05, 4.69) is 30.0 Å². The second kappa shape index (κ2) is 7.11. The van der Waals surface area contributed by atoms with Crippen molar-refractivity contribution in [3.05, 3.63) is 35.4 Å². The smallest absolute Gasteiger partial charge is 0.318 e. The van der Waals surface area contributed by atoms with Crippen molar-refractivity contribution in [1.82, 2.24) is 25.1 Å². The number of halogens is 2. The lowest BCUT2D eigenvalue weighted by Gasteiger charge is -2.28. The first kappa shape index (κ1) is 18.1. The number of aromatic nitrogens is 5. The second-order valence-electron chi connectivity index (χ2n) is 7.05. The van der Waals surface area contributed by atoms with E-state index in [1.54, 1.807) is 24.5 Å². The summed E-state index contributed by atoms with van der Waals surface area (Å²) in [6.07, 6.45) is 6.59. The predicted molar refractivity (Wildman–Crippen MR) is 110 cm³/mol. The van der Waals surface area contributed by atoms with Gasteiger partial charge in [0.15, 0.2) is 5.82 Å². The van der Waals surface area contributed by atoms with Crippen molar-refractivity contribution in [3.8, 4) is 17.3 Å². The molecule has 4 heterocycles. The number of benzene rings is 1. The molecule has 0 unspecified atom stereocenters. The SMILES string of the molecule is COc1nc(N2CCCCC2)c2cnc(-c3cc(Cl)cc4[nH]ncc34)c(F)c2n1. The summed E-state index contributed by atoms with van der Waals surface area (Å²) in [4.78, 5) is 15.4. The van der Waals surface area contributed by atoms with E-state index in [9.17, 15) is 0 Å². The fraction of sp³-hybridized carbons (Fsp3) is 0.300. The highest BCUT2D eigenvalue weighted by Gasteiger charge is 2.23. The molecular formula is C20H18ClFN6O. The minimum absolute atomic E-state index is 0.133. The van der Waals surface area contributed by atoms with E-state index in [1.165, 1.54) is 13.5 Å². The molecule has 1 aliphatic rings. The molecule has 29 heavy (non-hydrogen) atoms. The summed E-state index contributed by atoms with van der Waals surface area (Å²) in [5.41, 5.74) is 1.61. The van der Waals surface area contributed by atoms with Crippen LogP contribution in [0.2, 0.25) is 5.02 Å². The minimum atomic E-state index is -0.536. The molecule has 3 aromatic heterocycles.